The lowest BCUT2D eigenvalue weighted by Gasteiger charge is -2.09. The number of tetrazole rings is 1. The second kappa shape index (κ2) is 8.26. The van der Waals surface area contributed by atoms with E-state index in [0.29, 0.717) is 17.4 Å². The highest BCUT2D eigenvalue weighted by Crippen LogP contribution is 2.36. The van der Waals surface area contributed by atoms with E-state index in [2.05, 4.69) is 20.8 Å². The summed E-state index contributed by atoms with van der Waals surface area (Å²) in [5.41, 5.74) is -0.693. The zero-order valence-electron chi connectivity index (χ0n) is 14.3. The Morgan fingerprint density at radius 3 is 2.52 bits per heavy atom. The van der Waals surface area contributed by atoms with E-state index in [1.807, 2.05) is 0 Å². The molecule has 1 aromatic heterocycles. The van der Waals surface area contributed by atoms with E-state index < -0.39 is 28.3 Å². The van der Waals surface area contributed by atoms with Crippen LogP contribution < -0.4 is 5.32 Å². The lowest BCUT2D eigenvalue weighted by Crippen LogP contribution is -2.14. The number of benzene rings is 2. The van der Waals surface area contributed by atoms with Gasteiger partial charge >= 0.3 is 6.18 Å². The van der Waals surface area contributed by atoms with E-state index in [4.69, 9.17) is 0 Å². The maximum atomic E-state index is 12.7. The Balaban J connectivity index is 1.64. The predicted molar refractivity (Wildman–Crippen MR) is 96.6 cm³/mol. The van der Waals surface area contributed by atoms with E-state index in [1.54, 1.807) is 24.3 Å². The Bertz CT molecular complexity index is 1030. The van der Waals surface area contributed by atoms with Gasteiger partial charge < -0.3 is 5.32 Å². The summed E-state index contributed by atoms with van der Waals surface area (Å²) in [5.74, 6) is -0.694. The van der Waals surface area contributed by atoms with Crippen LogP contribution in [0.25, 0.3) is 5.69 Å². The number of halogens is 3. The SMILES string of the molecule is O=C(CSc1ccc(C(F)(F)F)cc1[N+](=O)[O-])Nc1ccc(-n2cnnn2)cc1. The van der Waals surface area contributed by atoms with Crippen molar-refractivity contribution < 1.29 is 22.9 Å². The molecule has 1 amide bonds. The molecule has 0 bridgehead atoms. The average molecular weight is 424 g/mol. The second-order valence-corrected chi connectivity index (χ2v) is 6.59. The molecule has 0 spiro atoms. The Morgan fingerprint density at radius 1 is 1.21 bits per heavy atom. The zero-order chi connectivity index (χ0) is 21.0. The molecule has 0 saturated carbocycles. The quantitative estimate of drug-likeness (QED) is 0.367. The lowest BCUT2D eigenvalue weighted by molar-refractivity contribution is -0.388. The van der Waals surface area contributed by atoms with Gasteiger partial charge in [0.15, 0.2) is 0 Å². The minimum atomic E-state index is -4.69. The molecule has 0 unspecified atom stereocenters. The van der Waals surface area contributed by atoms with Crippen LogP contribution in [0.3, 0.4) is 0 Å². The monoisotopic (exact) mass is 424 g/mol. The zero-order valence-corrected chi connectivity index (χ0v) is 15.1. The van der Waals surface area contributed by atoms with Gasteiger partial charge in [-0.1, -0.05) is 0 Å². The number of anilines is 1. The van der Waals surface area contributed by atoms with Crippen LogP contribution in [0, 0.1) is 10.1 Å². The van der Waals surface area contributed by atoms with Gasteiger partial charge in [-0.3, -0.25) is 14.9 Å². The second-order valence-electron chi connectivity index (χ2n) is 5.58. The standard InChI is InChI=1S/C16H11F3N6O3S/c17-16(18,19)10-1-6-14(13(7-10)25(27)28)29-8-15(26)21-11-2-4-12(5-3-11)24-9-20-22-23-24/h1-7,9H,8H2,(H,21,26). The largest absolute Gasteiger partial charge is 0.416 e. The molecule has 0 radical (unpaired) electrons. The van der Waals surface area contributed by atoms with Crippen molar-refractivity contribution in [1.29, 1.82) is 0 Å². The number of carbonyl (C=O) groups excluding carboxylic acids is 1. The van der Waals surface area contributed by atoms with Crippen molar-refractivity contribution in [3.05, 3.63) is 64.5 Å². The third-order valence-corrected chi connectivity index (χ3v) is 4.67. The number of nitro benzene ring substituents is 1. The average Bonchev–Trinajstić information content (AvgIpc) is 3.21. The number of hydrogen-bond acceptors (Lipinski definition) is 7. The van der Waals surface area contributed by atoms with E-state index >= 15 is 0 Å². The van der Waals surface area contributed by atoms with E-state index in [0.717, 1.165) is 23.9 Å². The van der Waals surface area contributed by atoms with E-state index in [-0.39, 0.29) is 10.6 Å². The summed E-state index contributed by atoms with van der Waals surface area (Å²) >= 11 is 0.772. The summed E-state index contributed by atoms with van der Waals surface area (Å²) in [6, 6.07) is 8.74. The van der Waals surface area contributed by atoms with Crippen LogP contribution in [0.2, 0.25) is 0 Å². The number of nitrogens with zero attached hydrogens (tertiary/aromatic N) is 5. The molecule has 0 atom stereocenters. The Morgan fingerprint density at radius 2 is 1.93 bits per heavy atom. The van der Waals surface area contributed by atoms with Gasteiger partial charge in [-0.25, -0.2) is 4.68 Å². The van der Waals surface area contributed by atoms with Crippen LogP contribution in [-0.2, 0) is 11.0 Å². The summed E-state index contributed by atoms with van der Waals surface area (Å²) in [6.07, 6.45) is -3.29. The molecule has 13 heteroatoms. The molecule has 29 heavy (non-hydrogen) atoms. The molecule has 2 aromatic carbocycles. The highest BCUT2D eigenvalue weighted by molar-refractivity contribution is 8.00. The van der Waals surface area contributed by atoms with Crippen LogP contribution >= 0.6 is 11.8 Å². The fourth-order valence-corrected chi connectivity index (χ4v) is 3.08. The molecule has 1 N–H and O–H groups in total. The number of thioether (sulfide) groups is 1. The Kier molecular flexibility index (Phi) is 5.77. The third kappa shape index (κ3) is 5.07. The number of nitro groups is 1. The van der Waals surface area contributed by atoms with Crippen molar-refractivity contribution in [1.82, 2.24) is 20.2 Å². The van der Waals surface area contributed by atoms with Gasteiger partial charge in [-0.2, -0.15) is 13.2 Å². The number of alkyl halides is 3. The molecule has 3 rings (SSSR count). The highest BCUT2D eigenvalue weighted by Gasteiger charge is 2.33. The van der Waals surface area contributed by atoms with E-state index in [1.165, 1.54) is 11.0 Å². The molecule has 9 nitrogen and oxygen atoms in total. The molecule has 0 aliphatic heterocycles. The van der Waals surface area contributed by atoms with E-state index in [9.17, 15) is 28.1 Å². The number of nitrogens with one attached hydrogen (secondary N) is 1. The number of aromatic nitrogens is 4. The lowest BCUT2D eigenvalue weighted by atomic mass is 10.2. The molecule has 0 aliphatic rings. The normalized spacial score (nSPS) is 11.3. The first-order valence-corrected chi connectivity index (χ1v) is 8.84. The van der Waals surface area contributed by atoms with Gasteiger partial charge in [0, 0.05) is 11.8 Å². The Labute approximate surface area is 165 Å². The number of carbonyl (C=O) groups is 1. The van der Waals surface area contributed by atoms with Gasteiger partial charge in [0.05, 0.1) is 26.8 Å². The molecule has 3 aromatic rings. The van der Waals surface area contributed by atoms with Crippen molar-refractivity contribution in [3.63, 3.8) is 0 Å². The van der Waals surface area contributed by atoms with Gasteiger partial charge in [0.25, 0.3) is 5.69 Å². The summed E-state index contributed by atoms with van der Waals surface area (Å²) in [7, 11) is 0. The van der Waals surface area contributed by atoms with Gasteiger partial charge in [-0.05, 0) is 46.8 Å². The molecule has 0 fully saturated rings. The van der Waals surface area contributed by atoms with Crippen molar-refractivity contribution >= 4 is 29.0 Å². The van der Waals surface area contributed by atoms with Crippen LogP contribution in [-0.4, -0.2) is 36.8 Å². The number of rotatable bonds is 6. The smallest absolute Gasteiger partial charge is 0.325 e. The molecule has 0 aliphatic carbocycles. The summed E-state index contributed by atoms with van der Waals surface area (Å²) in [4.78, 5) is 22.2. The first-order valence-electron chi connectivity index (χ1n) is 7.86. The minimum absolute atomic E-state index is 0.0350. The maximum absolute atomic E-state index is 12.7. The topological polar surface area (TPSA) is 116 Å². The first-order chi connectivity index (χ1) is 13.7. The molecular formula is C16H11F3N6O3S. The first kappa shape index (κ1) is 20.3. The number of hydrogen-bond donors (Lipinski definition) is 1. The Hall–Kier alpha value is -3.48. The van der Waals surface area contributed by atoms with Crippen LogP contribution in [0.4, 0.5) is 24.5 Å². The minimum Gasteiger partial charge on any atom is -0.325 e. The maximum Gasteiger partial charge on any atom is 0.416 e. The summed E-state index contributed by atoms with van der Waals surface area (Å²) in [6.45, 7) is 0. The van der Waals surface area contributed by atoms with Crippen molar-refractivity contribution in [2.75, 3.05) is 11.1 Å². The summed E-state index contributed by atoms with van der Waals surface area (Å²) in [5, 5.41) is 24.4. The fraction of sp³-hybridized carbons (Fsp3) is 0.125. The van der Waals surface area contributed by atoms with Crippen LogP contribution in [0.15, 0.2) is 53.7 Å². The van der Waals surface area contributed by atoms with Gasteiger partial charge in [0.1, 0.15) is 6.33 Å². The third-order valence-electron chi connectivity index (χ3n) is 3.61. The number of amides is 1. The van der Waals surface area contributed by atoms with Crippen molar-refractivity contribution in [3.8, 4) is 5.69 Å². The molecule has 1 heterocycles. The van der Waals surface area contributed by atoms with Crippen LogP contribution in [0.1, 0.15) is 5.56 Å². The van der Waals surface area contributed by atoms with Gasteiger partial charge in [-0.15, -0.1) is 16.9 Å². The highest BCUT2D eigenvalue weighted by atomic mass is 32.2. The molecular weight excluding hydrogens is 413 g/mol. The fourth-order valence-electron chi connectivity index (χ4n) is 2.28. The predicted octanol–water partition coefficient (Wildman–Crippen LogP) is 3.32. The van der Waals surface area contributed by atoms with Crippen molar-refractivity contribution in [2.45, 2.75) is 11.1 Å². The van der Waals surface area contributed by atoms with Gasteiger partial charge in [0.2, 0.25) is 5.91 Å². The molecule has 150 valence electrons. The van der Waals surface area contributed by atoms with Crippen molar-refractivity contribution in [2.24, 2.45) is 0 Å². The molecule has 0 saturated heterocycles. The summed E-state index contributed by atoms with van der Waals surface area (Å²) < 4.78 is 39.6. The van der Waals surface area contributed by atoms with Crippen LogP contribution in [0.5, 0.6) is 0 Å².